The predicted octanol–water partition coefficient (Wildman–Crippen LogP) is 5.92. The van der Waals surface area contributed by atoms with E-state index in [4.69, 9.17) is 19.9 Å². The largest absolute Gasteiger partial charge is 0.496 e. The van der Waals surface area contributed by atoms with Crippen molar-refractivity contribution in [1.82, 2.24) is 4.90 Å². The Morgan fingerprint density at radius 1 is 0.853 bits per heavy atom. The van der Waals surface area contributed by atoms with Crippen LogP contribution in [0.4, 0.5) is 0 Å². The molecule has 3 aromatic rings. The molecule has 3 rings (SSSR count). The molecular weight excluding hydrogens is 444 g/mol. The van der Waals surface area contributed by atoms with Crippen LogP contribution >= 0.6 is 11.8 Å². The Labute approximate surface area is 208 Å². The van der Waals surface area contributed by atoms with E-state index in [0.29, 0.717) is 0 Å². The maximum atomic E-state index is 6.44. The Balaban J connectivity index is 1.79. The molecular formula is C28H36N2O3S. The molecule has 0 spiro atoms. The average molecular weight is 481 g/mol. The highest BCUT2D eigenvalue weighted by Gasteiger charge is 2.22. The number of ether oxygens (including phenoxy) is 3. The molecule has 0 bridgehead atoms. The molecule has 182 valence electrons. The smallest absolute Gasteiger partial charge is 0.160 e. The Morgan fingerprint density at radius 3 is 2.18 bits per heavy atom. The second kappa shape index (κ2) is 12.7. The summed E-state index contributed by atoms with van der Waals surface area (Å²) >= 11 is 1.81. The molecule has 6 heteroatoms. The van der Waals surface area contributed by atoms with Crippen molar-refractivity contribution in [1.29, 1.82) is 0 Å². The fourth-order valence-electron chi connectivity index (χ4n) is 4.02. The van der Waals surface area contributed by atoms with E-state index in [-0.39, 0.29) is 12.2 Å². The molecule has 5 nitrogen and oxygen atoms in total. The van der Waals surface area contributed by atoms with Crippen LogP contribution in [0.3, 0.4) is 0 Å². The first-order valence-corrected chi connectivity index (χ1v) is 12.5. The molecule has 0 radical (unpaired) electrons. The topological polar surface area (TPSA) is 57.0 Å². The zero-order chi connectivity index (χ0) is 24.5. The standard InChI is InChI=1S/C28H36N2O3S/c1-6-28(29)30(2)24(17-20-11-16-26(32-4)27(18-20)33-5)21-12-14-23(15-13-21)34-19-22-9-7-8-10-25(22)31-3/h7-16,18,24,28H,6,17,19,29H2,1-5H3. The molecule has 2 N–H and O–H groups in total. The van der Waals surface area contributed by atoms with Gasteiger partial charge in [0.1, 0.15) is 5.75 Å². The van der Waals surface area contributed by atoms with Gasteiger partial charge in [-0.3, -0.25) is 4.90 Å². The number of hydrogen-bond acceptors (Lipinski definition) is 6. The lowest BCUT2D eigenvalue weighted by molar-refractivity contribution is 0.170. The Hall–Kier alpha value is -2.67. The van der Waals surface area contributed by atoms with E-state index in [0.717, 1.165) is 35.8 Å². The first kappa shape index (κ1) is 25.9. The van der Waals surface area contributed by atoms with Crippen LogP contribution in [0.15, 0.2) is 71.6 Å². The van der Waals surface area contributed by atoms with Crippen LogP contribution in [0, 0.1) is 0 Å². The van der Waals surface area contributed by atoms with E-state index in [1.54, 1.807) is 33.1 Å². The van der Waals surface area contributed by atoms with Crippen LogP contribution in [0.1, 0.15) is 36.1 Å². The van der Waals surface area contributed by atoms with Crippen molar-refractivity contribution in [2.24, 2.45) is 5.73 Å². The first-order valence-electron chi connectivity index (χ1n) is 11.5. The summed E-state index contributed by atoms with van der Waals surface area (Å²) in [7, 11) is 7.14. The van der Waals surface area contributed by atoms with Gasteiger partial charge in [-0.2, -0.15) is 0 Å². The molecule has 0 saturated heterocycles. The predicted molar refractivity (Wildman–Crippen MR) is 141 cm³/mol. The second-order valence-corrected chi connectivity index (χ2v) is 9.27. The number of rotatable bonds is 12. The molecule has 0 aliphatic heterocycles. The van der Waals surface area contributed by atoms with Crippen LogP contribution in [-0.2, 0) is 12.2 Å². The number of hydrogen-bond donors (Lipinski definition) is 1. The molecule has 0 heterocycles. The fraction of sp³-hybridized carbons (Fsp3) is 0.357. The van der Waals surface area contributed by atoms with Gasteiger partial charge < -0.3 is 19.9 Å². The summed E-state index contributed by atoms with van der Waals surface area (Å²) < 4.78 is 16.4. The van der Waals surface area contributed by atoms with Crippen molar-refractivity contribution < 1.29 is 14.2 Å². The van der Waals surface area contributed by atoms with Gasteiger partial charge in [-0.15, -0.1) is 11.8 Å². The Bertz CT molecular complexity index is 1040. The normalized spacial score (nSPS) is 12.9. The summed E-state index contributed by atoms with van der Waals surface area (Å²) in [5.74, 6) is 3.26. The fourth-order valence-corrected chi connectivity index (χ4v) is 4.91. The number of thioether (sulfide) groups is 1. The highest BCUT2D eigenvalue weighted by molar-refractivity contribution is 7.98. The summed E-state index contributed by atoms with van der Waals surface area (Å²) in [6.07, 6.45) is 1.68. The zero-order valence-corrected chi connectivity index (χ0v) is 21.6. The summed E-state index contributed by atoms with van der Waals surface area (Å²) in [6, 6.07) is 23.2. The van der Waals surface area contributed by atoms with Gasteiger partial charge in [-0.1, -0.05) is 43.3 Å². The Kier molecular flexibility index (Phi) is 9.69. The van der Waals surface area contributed by atoms with E-state index >= 15 is 0 Å². The average Bonchev–Trinajstić information content (AvgIpc) is 2.90. The second-order valence-electron chi connectivity index (χ2n) is 8.22. The summed E-state index contributed by atoms with van der Waals surface area (Å²) in [5, 5.41) is 0. The molecule has 0 aliphatic carbocycles. The number of methoxy groups -OCH3 is 3. The minimum Gasteiger partial charge on any atom is -0.496 e. The van der Waals surface area contributed by atoms with Gasteiger partial charge in [0.25, 0.3) is 0 Å². The van der Waals surface area contributed by atoms with E-state index < -0.39 is 0 Å². The SMILES string of the molecule is CCC(N)N(C)C(Cc1ccc(OC)c(OC)c1)c1ccc(SCc2ccccc2OC)cc1. The molecule has 2 atom stereocenters. The molecule has 34 heavy (non-hydrogen) atoms. The van der Waals surface area contributed by atoms with E-state index in [9.17, 15) is 0 Å². The number of likely N-dealkylation sites (N-methyl/N-ethyl adjacent to an activating group) is 1. The Morgan fingerprint density at radius 2 is 1.53 bits per heavy atom. The van der Waals surface area contributed by atoms with Crippen molar-refractivity contribution in [3.05, 3.63) is 83.4 Å². The highest BCUT2D eigenvalue weighted by atomic mass is 32.2. The van der Waals surface area contributed by atoms with Gasteiger partial charge in [-0.25, -0.2) is 0 Å². The van der Waals surface area contributed by atoms with Gasteiger partial charge in [-0.05, 0) is 61.3 Å². The number of nitrogens with two attached hydrogens (primary N) is 1. The lowest BCUT2D eigenvalue weighted by Crippen LogP contribution is -2.41. The third kappa shape index (κ3) is 6.47. The van der Waals surface area contributed by atoms with Gasteiger partial charge in [0, 0.05) is 22.3 Å². The van der Waals surface area contributed by atoms with Crippen molar-refractivity contribution in [3.8, 4) is 17.2 Å². The minimum absolute atomic E-state index is 0.0234. The number of nitrogens with zero attached hydrogens (tertiary/aromatic N) is 1. The number of benzene rings is 3. The van der Waals surface area contributed by atoms with Crippen LogP contribution in [0.5, 0.6) is 17.2 Å². The van der Waals surface area contributed by atoms with E-state index in [1.165, 1.54) is 21.6 Å². The van der Waals surface area contributed by atoms with Crippen molar-refractivity contribution in [3.63, 3.8) is 0 Å². The van der Waals surface area contributed by atoms with Crippen LogP contribution in [0.2, 0.25) is 0 Å². The molecule has 0 fully saturated rings. The molecule has 0 aromatic heterocycles. The lowest BCUT2D eigenvalue weighted by atomic mass is 9.96. The molecule has 3 aromatic carbocycles. The molecule has 0 amide bonds. The minimum atomic E-state index is -0.0234. The van der Waals surface area contributed by atoms with Crippen molar-refractivity contribution >= 4 is 11.8 Å². The highest BCUT2D eigenvalue weighted by Crippen LogP contribution is 2.33. The summed E-state index contributed by atoms with van der Waals surface area (Å²) in [5.41, 5.74) is 10.1. The third-order valence-corrected chi connectivity index (χ3v) is 7.22. The van der Waals surface area contributed by atoms with Gasteiger partial charge in [0.15, 0.2) is 11.5 Å². The molecule has 2 unspecified atom stereocenters. The summed E-state index contributed by atoms with van der Waals surface area (Å²) in [6.45, 7) is 2.12. The van der Waals surface area contributed by atoms with Crippen LogP contribution in [-0.4, -0.2) is 39.4 Å². The lowest BCUT2D eigenvalue weighted by Gasteiger charge is -2.33. The maximum Gasteiger partial charge on any atom is 0.160 e. The van der Waals surface area contributed by atoms with E-state index in [1.807, 2.05) is 24.3 Å². The maximum absolute atomic E-state index is 6.44. The summed E-state index contributed by atoms with van der Waals surface area (Å²) in [4.78, 5) is 3.48. The van der Waals surface area contributed by atoms with Gasteiger partial charge in [0.05, 0.1) is 27.5 Å². The molecule has 0 saturated carbocycles. The van der Waals surface area contributed by atoms with Crippen molar-refractivity contribution in [2.75, 3.05) is 28.4 Å². The van der Waals surface area contributed by atoms with E-state index in [2.05, 4.69) is 61.3 Å². The monoisotopic (exact) mass is 480 g/mol. The quantitative estimate of drug-likeness (QED) is 0.257. The number of para-hydroxylation sites is 1. The van der Waals surface area contributed by atoms with Crippen LogP contribution in [0.25, 0.3) is 0 Å². The zero-order valence-electron chi connectivity index (χ0n) is 20.8. The van der Waals surface area contributed by atoms with Gasteiger partial charge >= 0.3 is 0 Å². The third-order valence-electron chi connectivity index (χ3n) is 6.16. The van der Waals surface area contributed by atoms with Crippen molar-refractivity contribution in [2.45, 2.75) is 42.6 Å². The van der Waals surface area contributed by atoms with Gasteiger partial charge in [0.2, 0.25) is 0 Å². The first-order chi connectivity index (χ1) is 16.5. The van der Waals surface area contributed by atoms with Crippen LogP contribution < -0.4 is 19.9 Å². The molecule has 0 aliphatic rings.